The van der Waals surface area contributed by atoms with E-state index in [2.05, 4.69) is 5.32 Å². The summed E-state index contributed by atoms with van der Waals surface area (Å²) in [6.07, 6.45) is 0.453. The van der Waals surface area contributed by atoms with Gasteiger partial charge in [0, 0.05) is 13.0 Å². The molecule has 1 aliphatic rings. The van der Waals surface area contributed by atoms with Crippen LogP contribution in [-0.2, 0) is 33.8 Å². The molecule has 1 atom stereocenters. The fourth-order valence-electron chi connectivity index (χ4n) is 3.13. The second-order valence-electron chi connectivity index (χ2n) is 6.29. The number of rotatable bonds is 5. The predicted molar refractivity (Wildman–Crippen MR) is 95.3 cm³/mol. The minimum atomic E-state index is -1.04. The van der Waals surface area contributed by atoms with Crippen LogP contribution in [0.4, 0.5) is 0 Å². The van der Waals surface area contributed by atoms with Crippen molar-refractivity contribution in [3.8, 4) is 0 Å². The van der Waals surface area contributed by atoms with Crippen molar-refractivity contribution >= 4 is 17.8 Å². The molecule has 6 heteroatoms. The average molecular weight is 352 g/mol. The Morgan fingerprint density at radius 3 is 2.35 bits per heavy atom. The summed E-state index contributed by atoms with van der Waals surface area (Å²) < 4.78 is 0. The number of nitrogens with one attached hydrogen (secondary N) is 1. The van der Waals surface area contributed by atoms with Gasteiger partial charge in [-0.25, -0.2) is 4.79 Å². The van der Waals surface area contributed by atoms with Gasteiger partial charge in [0.2, 0.25) is 11.8 Å². The number of hydrogen-bond donors (Lipinski definition) is 2. The molecule has 0 aliphatic carbocycles. The molecule has 0 saturated carbocycles. The molecule has 2 aromatic carbocycles. The Labute approximate surface area is 151 Å². The summed E-state index contributed by atoms with van der Waals surface area (Å²) in [6.45, 7) is 0.0259. The van der Waals surface area contributed by atoms with E-state index in [9.17, 15) is 19.5 Å². The van der Waals surface area contributed by atoms with Gasteiger partial charge in [0.1, 0.15) is 6.04 Å². The van der Waals surface area contributed by atoms with Crippen LogP contribution in [0.5, 0.6) is 0 Å². The van der Waals surface area contributed by atoms with Gasteiger partial charge in [-0.15, -0.1) is 0 Å². The van der Waals surface area contributed by atoms with Gasteiger partial charge in [0.05, 0.1) is 13.0 Å². The number of carbonyl (C=O) groups excluding carboxylic acids is 2. The van der Waals surface area contributed by atoms with Crippen molar-refractivity contribution in [1.82, 2.24) is 10.2 Å². The van der Waals surface area contributed by atoms with Crippen LogP contribution in [0.25, 0.3) is 0 Å². The topological polar surface area (TPSA) is 86.7 Å². The molecule has 3 rings (SSSR count). The molecule has 0 radical (unpaired) electrons. The molecule has 2 aromatic rings. The Balaban J connectivity index is 1.62. The molecule has 1 aliphatic heterocycles. The lowest BCUT2D eigenvalue weighted by Gasteiger charge is -2.34. The molecule has 134 valence electrons. The molecule has 26 heavy (non-hydrogen) atoms. The van der Waals surface area contributed by atoms with Gasteiger partial charge in [-0.1, -0.05) is 54.6 Å². The van der Waals surface area contributed by atoms with Crippen LogP contribution in [0.2, 0.25) is 0 Å². The van der Waals surface area contributed by atoms with Gasteiger partial charge in [0.15, 0.2) is 0 Å². The minimum Gasteiger partial charge on any atom is -0.480 e. The van der Waals surface area contributed by atoms with Gasteiger partial charge in [0.25, 0.3) is 0 Å². The van der Waals surface area contributed by atoms with Crippen molar-refractivity contribution in [3.63, 3.8) is 0 Å². The third-order valence-electron chi connectivity index (χ3n) is 4.50. The fraction of sp³-hybridized carbons (Fsp3) is 0.250. The molecule has 0 aromatic heterocycles. The number of hydrogen-bond acceptors (Lipinski definition) is 3. The van der Waals surface area contributed by atoms with Crippen LogP contribution in [0, 0.1) is 0 Å². The van der Waals surface area contributed by atoms with Crippen molar-refractivity contribution < 1.29 is 19.5 Å². The third-order valence-corrected chi connectivity index (χ3v) is 4.50. The van der Waals surface area contributed by atoms with E-state index in [0.717, 1.165) is 16.7 Å². The first-order valence-corrected chi connectivity index (χ1v) is 8.44. The quantitative estimate of drug-likeness (QED) is 0.851. The third kappa shape index (κ3) is 4.08. The summed E-state index contributed by atoms with van der Waals surface area (Å²) in [5, 5.41) is 12.1. The lowest BCUT2D eigenvalue weighted by atomic mass is 9.94. The average Bonchev–Trinajstić information content (AvgIpc) is 2.65. The second kappa shape index (κ2) is 7.82. The lowest BCUT2D eigenvalue weighted by molar-refractivity contribution is -0.151. The highest BCUT2D eigenvalue weighted by Crippen LogP contribution is 2.23. The summed E-state index contributed by atoms with van der Waals surface area (Å²) in [6, 6.07) is 15.8. The van der Waals surface area contributed by atoms with E-state index < -0.39 is 17.9 Å². The monoisotopic (exact) mass is 352 g/mol. The van der Waals surface area contributed by atoms with E-state index in [1.54, 1.807) is 0 Å². The first-order chi connectivity index (χ1) is 12.5. The summed E-state index contributed by atoms with van der Waals surface area (Å²) in [7, 11) is 0. The van der Waals surface area contributed by atoms with Crippen molar-refractivity contribution in [2.45, 2.75) is 25.4 Å². The standard InChI is InChI=1S/C20H20N2O4/c23-18(10-14-6-2-1-3-7-14)21-12-19(24)22-13-16-9-5-4-8-15(16)11-17(22)20(25)26/h1-9,17H,10-13H2,(H,21,23)(H,25,26). The molecule has 2 amide bonds. The van der Waals surface area contributed by atoms with Crippen LogP contribution in [0.1, 0.15) is 16.7 Å². The molecule has 0 bridgehead atoms. The SMILES string of the molecule is O=C(Cc1ccccc1)NCC(=O)N1Cc2ccccc2CC1C(=O)O. The molecule has 6 nitrogen and oxygen atoms in total. The summed E-state index contributed by atoms with van der Waals surface area (Å²) >= 11 is 0. The number of benzene rings is 2. The molecular weight excluding hydrogens is 332 g/mol. The van der Waals surface area contributed by atoms with Crippen molar-refractivity contribution in [3.05, 3.63) is 71.3 Å². The van der Waals surface area contributed by atoms with E-state index in [0.29, 0.717) is 0 Å². The number of carboxylic acid groups (broad SMARTS) is 1. The van der Waals surface area contributed by atoms with Crippen molar-refractivity contribution in [1.29, 1.82) is 0 Å². The number of amides is 2. The highest BCUT2D eigenvalue weighted by molar-refractivity contribution is 5.89. The smallest absolute Gasteiger partial charge is 0.326 e. The fourth-order valence-corrected chi connectivity index (χ4v) is 3.13. The normalized spacial score (nSPS) is 15.8. The maximum absolute atomic E-state index is 12.5. The Morgan fingerprint density at radius 1 is 1.00 bits per heavy atom. The van der Waals surface area contributed by atoms with Gasteiger partial charge in [-0.05, 0) is 16.7 Å². The van der Waals surface area contributed by atoms with Gasteiger partial charge >= 0.3 is 5.97 Å². The maximum Gasteiger partial charge on any atom is 0.326 e. The first kappa shape index (κ1) is 17.7. The summed E-state index contributed by atoms with van der Waals surface area (Å²) in [5.74, 6) is -1.70. The zero-order valence-electron chi connectivity index (χ0n) is 14.2. The molecule has 2 N–H and O–H groups in total. The van der Waals surface area contributed by atoms with E-state index >= 15 is 0 Å². The molecule has 1 heterocycles. The lowest BCUT2D eigenvalue weighted by Crippen LogP contribution is -2.51. The number of carboxylic acids is 1. The first-order valence-electron chi connectivity index (χ1n) is 8.44. The zero-order valence-corrected chi connectivity index (χ0v) is 14.2. The van der Waals surface area contributed by atoms with Crippen molar-refractivity contribution in [2.24, 2.45) is 0 Å². The van der Waals surface area contributed by atoms with Gasteiger partial charge in [-0.3, -0.25) is 9.59 Å². The second-order valence-corrected chi connectivity index (χ2v) is 6.29. The number of nitrogens with zero attached hydrogens (tertiary/aromatic N) is 1. The Hall–Kier alpha value is -3.15. The van der Waals surface area contributed by atoms with Crippen molar-refractivity contribution in [2.75, 3.05) is 6.54 Å². The number of aliphatic carboxylic acids is 1. The zero-order chi connectivity index (χ0) is 18.5. The highest BCUT2D eigenvalue weighted by atomic mass is 16.4. The van der Waals surface area contributed by atoms with Gasteiger partial charge in [-0.2, -0.15) is 0 Å². The number of carbonyl (C=O) groups is 3. The summed E-state index contributed by atoms with van der Waals surface area (Å²) in [4.78, 5) is 37.4. The van der Waals surface area contributed by atoms with Crippen LogP contribution in [0.3, 0.4) is 0 Å². The Morgan fingerprint density at radius 2 is 1.65 bits per heavy atom. The van der Waals surface area contributed by atoms with Crippen LogP contribution < -0.4 is 5.32 Å². The Bertz CT molecular complexity index is 820. The van der Waals surface area contributed by atoms with Gasteiger partial charge < -0.3 is 15.3 Å². The predicted octanol–water partition coefficient (Wildman–Crippen LogP) is 1.38. The minimum absolute atomic E-state index is 0.180. The molecule has 0 spiro atoms. The van der Waals surface area contributed by atoms with Crippen LogP contribution >= 0.6 is 0 Å². The number of fused-ring (bicyclic) bond motifs is 1. The molecule has 1 unspecified atom stereocenters. The van der Waals surface area contributed by atoms with E-state index in [1.165, 1.54) is 4.90 Å². The van der Waals surface area contributed by atoms with E-state index in [1.807, 2.05) is 54.6 Å². The molecule has 0 fully saturated rings. The molecule has 0 saturated heterocycles. The molecular formula is C20H20N2O4. The van der Waals surface area contributed by atoms with Crippen LogP contribution in [0.15, 0.2) is 54.6 Å². The maximum atomic E-state index is 12.5. The van der Waals surface area contributed by atoms with E-state index in [-0.39, 0.29) is 31.8 Å². The van der Waals surface area contributed by atoms with E-state index in [4.69, 9.17) is 0 Å². The van der Waals surface area contributed by atoms with Crippen LogP contribution in [-0.4, -0.2) is 40.4 Å². The Kier molecular flexibility index (Phi) is 5.31. The largest absolute Gasteiger partial charge is 0.480 e. The highest BCUT2D eigenvalue weighted by Gasteiger charge is 2.34. The summed E-state index contributed by atoms with van der Waals surface area (Å²) in [5.41, 5.74) is 2.73.